The summed E-state index contributed by atoms with van der Waals surface area (Å²) in [7, 11) is 2.44. The van der Waals surface area contributed by atoms with Crippen LogP contribution < -0.4 is 5.32 Å². The molecule has 0 aliphatic carbocycles. The summed E-state index contributed by atoms with van der Waals surface area (Å²) in [4.78, 5) is 41.1. The Bertz CT molecular complexity index is 1100. The van der Waals surface area contributed by atoms with Crippen LogP contribution in [0.4, 0.5) is 4.79 Å². The van der Waals surface area contributed by atoms with Gasteiger partial charge in [-0.15, -0.1) is 0 Å². The zero-order valence-corrected chi connectivity index (χ0v) is 17.2. The van der Waals surface area contributed by atoms with Crippen LogP contribution in [0.15, 0.2) is 54.6 Å². The van der Waals surface area contributed by atoms with Crippen LogP contribution in [0.25, 0.3) is 10.9 Å². The summed E-state index contributed by atoms with van der Waals surface area (Å²) in [6.45, 7) is 0.316. The molecule has 8 nitrogen and oxygen atoms in total. The van der Waals surface area contributed by atoms with Crippen molar-refractivity contribution in [3.63, 3.8) is 0 Å². The number of nitrogens with one attached hydrogen (secondary N) is 1. The maximum atomic E-state index is 12.5. The predicted octanol–water partition coefficient (Wildman–Crippen LogP) is 3.28. The smallest absolute Gasteiger partial charge is 0.407 e. The van der Waals surface area contributed by atoms with Crippen molar-refractivity contribution in [3.05, 3.63) is 77.0 Å². The van der Waals surface area contributed by atoms with Gasteiger partial charge in [0, 0.05) is 11.9 Å². The minimum atomic E-state index is -0.748. The molecule has 0 saturated heterocycles. The lowest BCUT2D eigenvalue weighted by molar-refractivity contribution is 0.0549. The topological polar surface area (TPSA) is 104 Å². The Morgan fingerprint density at radius 2 is 1.58 bits per heavy atom. The lowest BCUT2D eigenvalue weighted by Crippen LogP contribution is -2.27. The van der Waals surface area contributed by atoms with Crippen molar-refractivity contribution >= 4 is 28.9 Å². The van der Waals surface area contributed by atoms with Gasteiger partial charge in [-0.2, -0.15) is 0 Å². The number of carbonyl (C=O) groups is 3. The average Bonchev–Trinajstić information content (AvgIpc) is 2.81. The quantitative estimate of drug-likeness (QED) is 0.460. The van der Waals surface area contributed by atoms with Crippen LogP contribution in [-0.2, 0) is 27.2 Å². The first-order valence-electron chi connectivity index (χ1n) is 9.58. The van der Waals surface area contributed by atoms with Crippen LogP contribution in [-0.4, -0.2) is 43.8 Å². The second-order valence-electron chi connectivity index (χ2n) is 6.55. The highest BCUT2D eigenvalue weighted by atomic mass is 16.5. The molecule has 0 aliphatic heterocycles. The summed E-state index contributed by atoms with van der Waals surface area (Å²) >= 11 is 0. The first-order chi connectivity index (χ1) is 15.0. The number of alkyl carbamates (subject to hydrolysis) is 1. The van der Waals surface area contributed by atoms with E-state index in [1.807, 2.05) is 30.3 Å². The van der Waals surface area contributed by atoms with Crippen LogP contribution in [0.2, 0.25) is 0 Å². The van der Waals surface area contributed by atoms with Gasteiger partial charge in [0.25, 0.3) is 0 Å². The summed E-state index contributed by atoms with van der Waals surface area (Å²) in [5.74, 6) is -1.46. The van der Waals surface area contributed by atoms with Gasteiger partial charge in [0.2, 0.25) is 0 Å². The molecule has 0 atom stereocenters. The van der Waals surface area contributed by atoms with Crippen LogP contribution in [0, 0.1) is 0 Å². The molecule has 0 aliphatic rings. The lowest BCUT2D eigenvalue weighted by atomic mass is 9.97. The summed E-state index contributed by atoms with van der Waals surface area (Å²) < 4.78 is 14.9. The van der Waals surface area contributed by atoms with Crippen molar-refractivity contribution in [1.82, 2.24) is 10.3 Å². The van der Waals surface area contributed by atoms with E-state index in [1.165, 1.54) is 14.2 Å². The summed E-state index contributed by atoms with van der Waals surface area (Å²) in [5.41, 5.74) is 1.81. The third-order valence-electron chi connectivity index (χ3n) is 4.63. The minimum Gasteiger partial charge on any atom is -0.465 e. The molecule has 31 heavy (non-hydrogen) atoms. The number of hydrogen-bond acceptors (Lipinski definition) is 7. The lowest BCUT2D eigenvalue weighted by Gasteiger charge is -2.15. The molecule has 1 amide bonds. The Hall–Kier alpha value is -3.94. The van der Waals surface area contributed by atoms with Crippen LogP contribution in [0.5, 0.6) is 0 Å². The number of benzene rings is 2. The first kappa shape index (κ1) is 21.8. The fraction of sp³-hybridized carbons (Fsp3) is 0.217. The molecule has 0 fully saturated rings. The normalized spacial score (nSPS) is 10.4. The Balaban J connectivity index is 1.82. The number of hydrogen-bond donors (Lipinski definition) is 1. The van der Waals surface area contributed by atoms with Gasteiger partial charge in [-0.05, 0) is 23.6 Å². The van der Waals surface area contributed by atoms with Crippen molar-refractivity contribution in [2.75, 3.05) is 20.8 Å². The molecule has 3 aromatic rings. The molecule has 1 aromatic heterocycles. The van der Waals surface area contributed by atoms with Crippen molar-refractivity contribution in [2.24, 2.45) is 0 Å². The van der Waals surface area contributed by atoms with Gasteiger partial charge in [0.05, 0.1) is 25.3 Å². The maximum Gasteiger partial charge on any atom is 0.407 e. The number of methoxy groups -OCH3 is 2. The van der Waals surface area contributed by atoms with Gasteiger partial charge in [-0.3, -0.25) is 0 Å². The van der Waals surface area contributed by atoms with Crippen LogP contribution in [0.1, 0.15) is 32.0 Å². The number of fused-ring (bicyclic) bond motifs is 1. The molecule has 2 aromatic carbocycles. The fourth-order valence-corrected chi connectivity index (χ4v) is 3.17. The number of aromatic nitrogens is 1. The number of ether oxygens (including phenoxy) is 3. The van der Waals surface area contributed by atoms with E-state index in [1.54, 1.807) is 24.3 Å². The zero-order chi connectivity index (χ0) is 22.2. The Morgan fingerprint density at radius 3 is 2.29 bits per heavy atom. The van der Waals surface area contributed by atoms with Gasteiger partial charge < -0.3 is 19.5 Å². The molecule has 1 heterocycles. The van der Waals surface area contributed by atoms with Crippen molar-refractivity contribution in [2.45, 2.75) is 13.0 Å². The Morgan fingerprint density at radius 1 is 0.903 bits per heavy atom. The number of nitrogens with zero attached hydrogens (tertiary/aromatic N) is 1. The standard InChI is InChI=1S/C23H22N2O6/c1-29-21(26)19-17(12-13-24-23(28)31-14-15-8-4-3-5-9-15)16-10-6-7-11-18(16)25-20(19)22(27)30-2/h3-11H,12-14H2,1-2H3,(H,24,28). The van der Waals surface area contributed by atoms with E-state index < -0.39 is 18.0 Å². The highest BCUT2D eigenvalue weighted by molar-refractivity contribution is 6.06. The molecule has 0 unspecified atom stereocenters. The average molecular weight is 422 g/mol. The number of para-hydroxylation sites is 1. The van der Waals surface area contributed by atoms with E-state index in [9.17, 15) is 14.4 Å². The van der Waals surface area contributed by atoms with Crippen molar-refractivity contribution < 1.29 is 28.6 Å². The van der Waals surface area contributed by atoms with E-state index in [-0.39, 0.29) is 30.8 Å². The number of esters is 2. The second-order valence-corrected chi connectivity index (χ2v) is 6.55. The van der Waals surface area contributed by atoms with Crippen molar-refractivity contribution in [3.8, 4) is 0 Å². The van der Waals surface area contributed by atoms with Gasteiger partial charge in [0.15, 0.2) is 5.69 Å². The molecule has 0 radical (unpaired) electrons. The third-order valence-corrected chi connectivity index (χ3v) is 4.63. The van der Waals surface area contributed by atoms with Gasteiger partial charge in [-0.25, -0.2) is 19.4 Å². The maximum absolute atomic E-state index is 12.5. The number of carbonyl (C=O) groups excluding carboxylic acids is 3. The molecular weight excluding hydrogens is 400 g/mol. The summed E-state index contributed by atoms with van der Waals surface area (Å²) in [6.07, 6.45) is -0.340. The minimum absolute atomic E-state index is 0.0208. The molecular formula is C23H22N2O6. The summed E-state index contributed by atoms with van der Waals surface area (Å²) in [6, 6.07) is 16.4. The molecule has 0 saturated carbocycles. The number of pyridine rings is 1. The molecule has 1 N–H and O–H groups in total. The zero-order valence-electron chi connectivity index (χ0n) is 17.2. The largest absolute Gasteiger partial charge is 0.465 e. The SMILES string of the molecule is COC(=O)c1nc2ccccc2c(CCNC(=O)OCc2ccccc2)c1C(=O)OC. The van der Waals surface area contributed by atoms with Crippen LogP contribution >= 0.6 is 0 Å². The highest BCUT2D eigenvalue weighted by Crippen LogP contribution is 2.25. The Labute approximate surface area is 179 Å². The summed E-state index contributed by atoms with van der Waals surface area (Å²) in [5, 5.41) is 3.34. The highest BCUT2D eigenvalue weighted by Gasteiger charge is 2.26. The van der Waals surface area contributed by atoms with E-state index in [4.69, 9.17) is 14.2 Å². The van der Waals surface area contributed by atoms with Gasteiger partial charge in [-0.1, -0.05) is 48.5 Å². The Kier molecular flexibility index (Phi) is 7.16. The fourth-order valence-electron chi connectivity index (χ4n) is 3.17. The number of amides is 1. The molecule has 160 valence electrons. The van der Waals surface area contributed by atoms with Crippen molar-refractivity contribution in [1.29, 1.82) is 0 Å². The van der Waals surface area contributed by atoms with Gasteiger partial charge in [0.1, 0.15) is 6.61 Å². The van der Waals surface area contributed by atoms with Crippen LogP contribution in [0.3, 0.4) is 0 Å². The molecule has 8 heteroatoms. The van der Waals surface area contributed by atoms with E-state index in [2.05, 4.69) is 10.3 Å². The second kappa shape index (κ2) is 10.2. The molecule has 0 bridgehead atoms. The first-order valence-corrected chi connectivity index (χ1v) is 9.58. The van der Waals surface area contributed by atoms with E-state index in [0.717, 1.165) is 5.56 Å². The molecule has 0 spiro atoms. The van der Waals surface area contributed by atoms with E-state index in [0.29, 0.717) is 16.5 Å². The monoisotopic (exact) mass is 422 g/mol. The third kappa shape index (κ3) is 5.16. The molecule has 3 rings (SSSR count). The predicted molar refractivity (Wildman–Crippen MR) is 113 cm³/mol. The van der Waals surface area contributed by atoms with Gasteiger partial charge >= 0.3 is 18.0 Å². The van der Waals surface area contributed by atoms with E-state index >= 15 is 0 Å². The number of rotatable bonds is 7.